The van der Waals surface area contributed by atoms with E-state index >= 15 is 0 Å². The summed E-state index contributed by atoms with van der Waals surface area (Å²) in [4.78, 5) is 4.68. The topological polar surface area (TPSA) is 59.7 Å². The van der Waals surface area contributed by atoms with Gasteiger partial charge in [-0.1, -0.05) is 12.1 Å². The lowest BCUT2D eigenvalue weighted by Crippen LogP contribution is -2.34. The SMILES string of the molecule is N#Cc1ccccc1OCCN1CCCN(CCO)CC1. The second-order valence-electron chi connectivity index (χ2n) is 5.22. The Morgan fingerprint density at radius 1 is 1.10 bits per heavy atom. The highest BCUT2D eigenvalue weighted by atomic mass is 16.5. The van der Waals surface area contributed by atoms with Crippen LogP contribution in [0.3, 0.4) is 0 Å². The monoisotopic (exact) mass is 289 g/mol. The number of para-hydroxylation sites is 1. The maximum absolute atomic E-state index is 9.02. The van der Waals surface area contributed by atoms with Gasteiger partial charge in [-0.15, -0.1) is 0 Å². The Balaban J connectivity index is 1.75. The van der Waals surface area contributed by atoms with E-state index in [1.807, 2.05) is 18.2 Å². The Morgan fingerprint density at radius 2 is 1.81 bits per heavy atom. The molecule has 0 amide bonds. The smallest absolute Gasteiger partial charge is 0.137 e. The molecule has 5 nitrogen and oxygen atoms in total. The lowest BCUT2D eigenvalue weighted by molar-refractivity contribution is 0.188. The average molecular weight is 289 g/mol. The van der Waals surface area contributed by atoms with Crippen LogP contribution >= 0.6 is 0 Å². The van der Waals surface area contributed by atoms with Gasteiger partial charge in [0.05, 0.1) is 12.2 Å². The molecule has 0 radical (unpaired) electrons. The van der Waals surface area contributed by atoms with Gasteiger partial charge in [-0.2, -0.15) is 5.26 Å². The van der Waals surface area contributed by atoms with Gasteiger partial charge in [0, 0.05) is 26.2 Å². The number of hydrogen-bond acceptors (Lipinski definition) is 5. The van der Waals surface area contributed by atoms with Crippen molar-refractivity contribution in [3.05, 3.63) is 29.8 Å². The summed E-state index contributed by atoms with van der Waals surface area (Å²) in [5.41, 5.74) is 0.586. The molecule has 0 aromatic heterocycles. The molecular formula is C16H23N3O2. The molecule has 1 aromatic rings. The summed E-state index contributed by atoms with van der Waals surface area (Å²) in [5.74, 6) is 0.664. The summed E-state index contributed by atoms with van der Waals surface area (Å²) in [6, 6.07) is 9.48. The van der Waals surface area contributed by atoms with E-state index in [-0.39, 0.29) is 6.61 Å². The van der Waals surface area contributed by atoms with Crippen LogP contribution in [0.25, 0.3) is 0 Å². The summed E-state index contributed by atoms with van der Waals surface area (Å²) < 4.78 is 5.73. The van der Waals surface area contributed by atoms with Crippen molar-refractivity contribution in [3.63, 3.8) is 0 Å². The normalized spacial score (nSPS) is 17.1. The molecule has 0 atom stereocenters. The first-order valence-electron chi connectivity index (χ1n) is 7.51. The van der Waals surface area contributed by atoms with Gasteiger partial charge < -0.3 is 9.84 Å². The van der Waals surface area contributed by atoms with Gasteiger partial charge in [-0.3, -0.25) is 9.80 Å². The van der Waals surface area contributed by atoms with Gasteiger partial charge in [-0.25, -0.2) is 0 Å². The van der Waals surface area contributed by atoms with Crippen LogP contribution in [-0.2, 0) is 0 Å². The van der Waals surface area contributed by atoms with E-state index in [1.165, 1.54) is 0 Å². The molecule has 0 bridgehead atoms. The Hall–Kier alpha value is -1.61. The van der Waals surface area contributed by atoms with Crippen molar-refractivity contribution in [1.82, 2.24) is 9.80 Å². The summed E-state index contributed by atoms with van der Waals surface area (Å²) in [5, 5.41) is 18.0. The van der Waals surface area contributed by atoms with Crippen LogP contribution in [0.1, 0.15) is 12.0 Å². The number of nitriles is 1. The number of nitrogens with zero attached hydrogens (tertiary/aromatic N) is 3. The third kappa shape index (κ3) is 5.01. The molecule has 1 aromatic carbocycles. The number of ether oxygens (including phenoxy) is 1. The van der Waals surface area contributed by atoms with Crippen LogP contribution in [0.15, 0.2) is 24.3 Å². The molecule has 0 spiro atoms. The van der Waals surface area contributed by atoms with Crippen LogP contribution < -0.4 is 4.74 Å². The predicted molar refractivity (Wildman–Crippen MR) is 81.2 cm³/mol. The molecular weight excluding hydrogens is 266 g/mol. The van der Waals surface area contributed by atoms with Crippen LogP contribution in [0.5, 0.6) is 5.75 Å². The molecule has 0 saturated carbocycles. The minimum absolute atomic E-state index is 0.230. The van der Waals surface area contributed by atoms with E-state index in [2.05, 4.69) is 15.9 Å². The summed E-state index contributed by atoms with van der Waals surface area (Å²) in [6.45, 7) is 6.57. The van der Waals surface area contributed by atoms with Crippen molar-refractivity contribution in [3.8, 4) is 11.8 Å². The van der Waals surface area contributed by atoms with Crippen LogP contribution in [0.4, 0.5) is 0 Å². The highest BCUT2D eigenvalue weighted by Crippen LogP contribution is 2.16. The highest BCUT2D eigenvalue weighted by Gasteiger charge is 2.14. The standard InChI is InChI=1S/C16H23N3O2/c17-14-15-4-1-2-5-16(15)21-13-11-19-7-3-6-18(8-9-19)10-12-20/h1-2,4-5,20H,3,6-13H2. The Bertz CT molecular complexity index is 473. The molecule has 0 unspecified atom stereocenters. The van der Waals surface area contributed by atoms with Crippen molar-refractivity contribution in [2.75, 3.05) is 52.5 Å². The zero-order valence-corrected chi connectivity index (χ0v) is 12.4. The van der Waals surface area contributed by atoms with E-state index in [9.17, 15) is 0 Å². The predicted octanol–water partition coefficient (Wildman–Crippen LogP) is 0.937. The van der Waals surface area contributed by atoms with Gasteiger partial charge >= 0.3 is 0 Å². The summed E-state index contributed by atoms with van der Waals surface area (Å²) in [6.07, 6.45) is 1.12. The molecule has 0 aliphatic carbocycles. The van der Waals surface area contributed by atoms with Crippen molar-refractivity contribution in [2.24, 2.45) is 0 Å². The largest absolute Gasteiger partial charge is 0.491 e. The van der Waals surface area contributed by atoms with E-state index in [4.69, 9.17) is 15.1 Å². The lowest BCUT2D eigenvalue weighted by Gasteiger charge is -2.21. The van der Waals surface area contributed by atoms with E-state index in [0.717, 1.165) is 45.7 Å². The molecule has 1 fully saturated rings. The summed E-state index contributed by atoms with van der Waals surface area (Å²) in [7, 11) is 0. The molecule has 1 aliphatic rings. The van der Waals surface area contributed by atoms with E-state index in [1.54, 1.807) is 6.07 Å². The maximum atomic E-state index is 9.02. The quantitative estimate of drug-likeness (QED) is 0.844. The Labute approximate surface area is 126 Å². The van der Waals surface area contributed by atoms with E-state index < -0.39 is 0 Å². The number of benzene rings is 1. The molecule has 114 valence electrons. The van der Waals surface area contributed by atoms with Gasteiger partial charge in [0.2, 0.25) is 0 Å². The Morgan fingerprint density at radius 3 is 2.52 bits per heavy atom. The van der Waals surface area contributed by atoms with Gasteiger partial charge in [0.15, 0.2) is 0 Å². The molecule has 1 N–H and O–H groups in total. The number of hydrogen-bond donors (Lipinski definition) is 1. The zero-order chi connectivity index (χ0) is 14.9. The first-order chi connectivity index (χ1) is 10.3. The Kier molecular flexibility index (Phi) is 6.48. The maximum Gasteiger partial charge on any atom is 0.137 e. The number of β-amino-alcohol motifs (C(OH)–C–C–N with tert-alkyl or cyclic N) is 1. The van der Waals surface area contributed by atoms with Gasteiger partial charge in [0.1, 0.15) is 18.4 Å². The van der Waals surface area contributed by atoms with Gasteiger partial charge in [0.25, 0.3) is 0 Å². The van der Waals surface area contributed by atoms with Gasteiger partial charge in [-0.05, 0) is 31.6 Å². The summed E-state index contributed by atoms with van der Waals surface area (Å²) >= 11 is 0. The number of aliphatic hydroxyl groups is 1. The zero-order valence-electron chi connectivity index (χ0n) is 12.4. The van der Waals surface area contributed by atoms with Crippen molar-refractivity contribution in [1.29, 1.82) is 5.26 Å². The molecule has 5 heteroatoms. The van der Waals surface area contributed by atoms with Crippen LogP contribution in [0.2, 0.25) is 0 Å². The fraction of sp³-hybridized carbons (Fsp3) is 0.562. The fourth-order valence-electron chi connectivity index (χ4n) is 2.58. The number of aliphatic hydroxyl groups excluding tert-OH is 1. The molecule has 1 saturated heterocycles. The van der Waals surface area contributed by atoms with Crippen LogP contribution in [-0.4, -0.2) is 67.4 Å². The van der Waals surface area contributed by atoms with E-state index in [0.29, 0.717) is 17.9 Å². The first-order valence-corrected chi connectivity index (χ1v) is 7.51. The van der Waals surface area contributed by atoms with Crippen molar-refractivity contribution in [2.45, 2.75) is 6.42 Å². The van der Waals surface area contributed by atoms with Crippen molar-refractivity contribution >= 4 is 0 Å². The molecule has 1 heterocycles. The lowest BCUT2D eigenvalue weighted by atomic mass is 10.2. The molecule has 2 rings (SSSR count). The molecule has 1 aliphatic heterocycles. The number of rotatable bonds is 6. The minimum atomic E-state index is 0.230. The minimum Gasteiger partial charge on any atom is -0.491 e. The third-order valence-corrected chi connectivity index (χ3v) is 3.77. The third-order valence-electron chi connectivity index (χ3n) is 3.77. The average Bonchev–Trinajstić information content (AvgIpc) is 2.74. The van der Waals surface area contributed by atoms with Crippen molar-refractivity contribution < 1.29 is 9.84 Å². The highest BCUT2D eigenvalue weighted by molar-refractivity contribution is 5.42. The fourth-order valence-corrected chi connectivity index (χ4v) is 2.58. The van der Waals surface area contributed by atoms with Crippen LogP contribution in [0, 0.1) is 11.3 Å². The second-order valence-corrected chi connectivity index (χ2v) is 5.22. The first kappa shape index (κ1) is 15.8. The molecule has 21 heavy (non-hydrogen) atoms. The second kappa shape index (κ2) is 8.63.